The highest BCUT2D eigenvalue weighted by molar-refractivity contribution is 7.90. The second-order valence-corrected chi connectivity index (χ2v) is 17.8. The van der Waals surface area contributed by atoms with E-state index >= 15 is 0 Å². The molecule has 1 nitrogen and oxygen atoms in total. The van der Waals surface area contributed by atoms with Crippen LogP contribution < -0.4 is 0 Å². The Labute approximate surface area is 129 Å². The van der Waals surface area contributed by atoms with Crippen LogP contribution in [0.15, 0.2) is 15.8 Å². The van der Waals surface area contributed by atoms with Crippen LogP contribution in [0.1, 0.15) is 41.5 Å². The summed E-state index contributed by atoms with van der Waals surface area (Å²) in [7, 11) is -0.123. The van der Waals surface area contributed by atoms with Crippen molar-refractivity contribution in [2.24, 2.45) is 15.6 Å². The lowest BCUT2D eigenvalue weighted by molar-refractivity contribution is 0.584. The molecule has 3 aliphatic rings. The van der Waals surface area contributed by atoms with Crippen LogP contribution in [0.25, 0.3) is 0 Å². The largest absolute Gasteiger partial charge is 0.260 e. The predicted octanol–water partition coefficient (Wildman–Crippen LogP) is 6.15. The summed E-state index contributed by atoms with van der Waals surface area (Å²) in [4.78, 5) is 1.73. The van der Waals surface area contributed by atoms with Gasteiger partial charge in [-0.15, -0.1) is 0 Å². The lowest BCUT2D eigenvalue weighted by Crippen LogP contribution is -2.39. The maximum atomic E-state index is 5.32. The highest BCUT2D eigenvalue weighted by Crippen LogP contribution is 2.64. The number of rotatable bonds is 1. The van der Waals surface area contributed by atoms with Gasteiger partial charge in [0.05, 0.1) is 21.8 Å². The van der Waals surface area contributed by atoms with E-state index in [2.05, 4.69) is 67.3 Å². The van der Waals surface area contributed by atoms with Gasteiger partial charge in [0, 0.05) is 16.2 Å². The van der Waals surface area contributed by atoms with Gasteiger partial charge < -0.3 is 0 Å². The summed E-state index contributed by atoms with van der Waals surface area (Å²) in [6, 6.07) is 0. The van der Waals surface area contributed by atoms with Crippen LogP contribution in [0, 0.1) is 10.8 Å². The zero-order valence-electron chi connectivity index (χ0n) is 14.5. The zero-order chi connectivity index (χ0) is 15.5. The fraction of sp³-hybridized carbons (Fsp3) is 0.750. The Morgan fingerprint density at radius 1 is 1.05 bits per heavy atom. The Morgan fingerprint density at radius 2 is 1.60 bits per heavy atom. The van der Waals surface area contributed by atoms with Crippen molar-refractivity contribution in [1.82, 2.24) is 0 Å². The molecule has 0 aliphatic carbocycles. The fourth-order valence-corrected chi connectivity index (χ4v) is 11.7. The maximum Gasteiger partial charge on any atom is 0.0806 e. The van der Waals surface area contributed by atoms with Crippen LogP contribution in [0.4, 0.5) is 0 Å². The van der Waals surface area contributed by atoms with Gasteiger partial charge >= 0.3 is 0 Å². The molecule has 20 heavy (non-hydrogen) atoms. The maximum absolute atomic E-state index is 5.32. The second kappa shape index (κ2) is 4.87. The van der Waals surface area contributed by atoms with E-state index in [1.54, 1.807) is 9.97 Å². The van der Waals surface area contributed by atoms with Crippen LogP contribution in [0.5, 0.6) is 0 Å². The van der Waals surface area contributed by atoms with Gasteiger partial charge in [-0.25, -0.2) is 0 Å². The molecule has 0 aromatic heterocycles. The Balaban J connectivity index is 2.50. The zero-order valence-corrected chi connectivity index (χ0v) is 17.3. The van der Waals surface area contributed by atoms with Crippen molar-refractivity contribution in [1.29, 1.82) is 0 Å². The van der Waals surface area contributed by atoms with Crippen LogP contribution in [0.2, 0.25) is 19.6 Å². The highest BCUT2D eigenvalue weighted by atomic mass is 31.2. The van der Waals surface area contributed by atoms with Crippen molar-refractivity contribution in [3.8, 4) is 0 Å². The number of hydrogen-bond donors (Lipinski definition) is 0. The molecular weight excluding hydrogens is 296 g/mol. The molecule has 3 aliphatic heterocycles. The number of allylic oxidation sites excluding steroid dienone is 1. The van der Waals surface area contributed by atoms with Crippen molar-refractivity contribution in [2.75, 3.05) is 0 Å². The second-order valence-electron chi connectivity index (χ2n) is 9.00. The average Bonchev–Trinajstić information content (AvgIpc) is 2.24. The van der Waals surface area contributed by atoms with Crippen molar-refractivity contribution in [2.45, 2.75) is 66.8 Å². The van der Waals surface area contributed by atoms with E-state index in [1.165, 1.54) is 13.9 Å². The molecule has 2 atom stereocenters. The summed E-state index contributed by atoms with van der Waals surface area (Å²) < 4.78 is 5.32. The molecule has 3 rings (SSSR count). The third-order valence-electron chi connectivity index (χ3n) is 3.70. The molecule has 2 unspecified atom stereocenters. The minimum absolute atomic E-state index is 0.211. The first-order valence-corrected chi connectivity index (χ1v) is 13.3. The van der Waals surface area contributed by atoms with Gasteiger partial charge in [0.15, 0.2) is 0 Å². The first kappa shape index (κ1) is 16.6. The van der Waals surface area contributed by atoms with Crippen molar-refractivity contribution in [3.63, 3.8) is 0 Å². The molecule has 0 amide bonds. The van der Waals surface area contributed by atoms with Gasteiger partial charge in [-0.1, -0.05) is 75.5 Å². The molecule has 4 heteroatoms. The summed E-state index contributed by atoms with van der Waals surface area (Å²) in [6.07, 6.45) is 2.61. The first-order valence-electron chi connectivity index (χ1n) is 7.51. The van der Waals surface area contributed by atoms with Crippen molar-refractivity contribution >= 4 is 35.1 Å². The van der Waals surface area contributed by atoms with Gasteiger partial charge in [-0.05, 0) is 10.4 Å². The fourth-order valence-electron chi connectivity index (χ4n) is 2.64. The normalized spacial score (nSPS) is 27.9. The van der Waals surface area contributed by atoms with E-state index in [0.29, 0.717) is 5.66 Å². The minimum atomic E-state index is -1.26. The molecule has 2 bridgehead atoms. The molecule has 112 valence electrons. The molecule has 0 radical (unpaired) electrons. The van der Waals surface area contributed by atoms with Gasteiger partial charge in [-0.2, -0.15) is 0 Å². The van der Waals surface area contributed by atoms with Gasteiger partial charge in [0.1, 0.15) is 0 Å². The quantitative estimate of drug-likeness (QED) is 0.405. The van der Waals surface area contributed by atoms with E-state index in [9.17, 15) is 0 Å². The van der Waals surface area contributed by atoms with E-state index in [1.807, 2.05) is 0 Å². The number of nitrogens with zero attached hydrogens (tertiary/aromatic N) is 1. The highest BCUT2D eigenvalue weighted by Gasteiger charge is 2.44. The standard InChI is InChI=1S/C16H29NP2Si/c1-15(2,3)13-11-10-12(20(7,8)9)19(17-13)14(18-11)16(4,5)6/h10-11H,1-9H3. The monoisotopic (exact) mass is 325 g/mol. The predicted molar refractivity (Wildman–Crippen MR) is 100 cm³/mol. The smallest absolute Gasteiger partial charge is 0.0806 e. The van der Waals surface area contributed by atoms with Crippen molar-refractivity contribution in [3.05, 3.63) is 11.0 Å². The van der Waals surface area contributed by atoms with Crippen molar-refractivity contribution < 1.29 is 0 Å². The average molecular weight is 325 g/mol. The lowest BCUT2D eigenvalue weighted by atomic mass is 9.88. The molecule has 0 aromatic rings. The molecule has 0 saturated carbocycles. The summed E-state index contributed by atoms with van der Waals surface area (Å²) >= 11 is 0. The summed E-state index contributed by atoms with van der Waals surface area (Å²) in [6.45, 7) is 21.5. The summed E-state index contributed by atoms with van der Waals surface area (Å²) in [5, 5.41) is 1.70. The van der Waals surface area contributed by atoms with E-state index in [0.717, 1.165) is 0 Å². The van der Waals surface area contributed by atoms with Gasteiger partial charge in [0.25, 0.3) is 0 Å². The van der Waals surface area contributed by atoms with E-state index < -0.39 is 16.1 Å². The van der Waals surface area contributed by atoms with E-state index in [4.69, 9.17) is 4.76 Å². The Morgan fingerprint density at radius 3 is 1.95 bits per heavy atom. The molecule has 0 fully saturated rings. The van der Waals surface area contributed by atoms with E-state index in [-0.39, 0.29) is 10.8 Å². The first-order chi connectivity index (χ1) is 8.82. The molecular formula is C16H29NP2Si. The van der Waals surface area contributed by atoms with Gasteiger partial charge in [-0.3, -0.25) is 4.76 Å². The molecule has 0 aromatic carbocycles. The van der Waals surface area contributed by atoms with Gasteiger partial charge in [0.2, 0.25) is 0 Å². The minimum Gasteiger partial charge on any atom is -0.260 e. The van der Waals surface area contributed by atoms with Crippen LogP contribution in [-0.2, 0) is 0 Å². The number of hydrogen-bond acceptors (Lipinski definition) is 1. The Hall–Kier alpha value is 0.227. The summed E-state index contributed by atoms with van der Waals surface area (Å²) in [5.74, 6) is 0. The molecule has 3 heterocycles. The third-order valence-corrected chi connectivity index (χ3v) is 12.6. The SMILES string of the molecule is CC(C)(C)C1=NP2C([Si](C)(C)C)=CC1P=C2C(C)(C)C. The topological polar surface area (TPSA) is 12.4 Å². The van der Waals surface area contributed by atoms with Crippen LogP contribution >= 0.6 is 16.3 Å². The molecule has 0 saturated heterocycles. The molecule has 0 spiro atoms. The van der Waals surface area contributed by atoms with Crippen LogP contribution in [0.3, 0.4) is 0 Å². The molecule has 0 N–H and O–H groups in total. The lowest BCUT2D eigenvalue weighted by Gasteiger charge is -2.44. The summed E-state index contributed by atoms with van der Waals surface area (Å²) in [5.41, 5.74) is 2.49. The Kier molecular flexibility index (Phi) is 4.04. The Bertz CT molecular complexity index is 478. The third kappa shape index (κ3) is 3.03. The van der Waals surface area contributed by atoms with Crippen LogP contribution in [-0.4, -0.2) is 24.5 Å².